The smallest absolute Gasteiger partial charge is 0.318 e. The molecule has 42 heavy (non-hydrogen) atoms. The molecule has 1 aliphatic rings. The summed E-state index contributed by atoms with van der Waals surface area (Å²) in [5.74, 6) is 0.763. The Morgan fingerprint density at radius 1 is 1.07 bits per heavy atom. The lowest BCUT2D eigenvalue weighted by molar-refractivity contribution is 0.100. The van der Waals surface area contributed by atoms with Crippen LogP contribution in [0.4, 0.5) is 5.69 Å². The molecule has 0 spiro atoms. The van der Waals surface area contributed by atoms with E-state index in [1.807, 2.05) is 45.9 Å². The Morgan fingerprint density at radius 2 is 1.76 bits per heavy atom. The van der Waals surface area contributed by atoms with Crippen LogP contribution in [-0.4, -0.2) is 5.91 Å². The lowest BCUT2D eigenvalue weighted by Crippen LogP contribution is -2.15. The quantitative estimate of drug-likeness (QED) is 0.210. The molecule has 0 bridgehead atoms. The van der Waals surface area contributed by atoms with E-state index in [-0.39, 0.29) is 11.6 Å². The lowest BCUT2D eigenvalue weighted by Gasteiger charge is -2.29. The third-order valence-corrected chi connectivity index (χ3v) is 7.06. The third kappa shape index (κ3) is 6.77. The molecule has 1 heterocycles. The summed E-state index contributed by atoms with van der Waals surface area (Å²) < 4.78 is 6.74. The molecule has 6 heteroatoms. The minimum absolute atomic E-state index is 0.236. The van der Waals surface area contributed by atoms with Crippen molar-refractivity contribution in [2.24, 2.45) is 10.9 Å². The zero-order chi connectivity index (χ0) is 30.8. The Kier molecular flexibility index (Phi) is 11.2. The number of nitroso groups, excluding NO2 is 1. The van der Waals surface area contributed by atoms with E-state index in [0.717, 1.165) is 62.5 Å². The minimum atomic E-state index is -0.807. The molecule has 0 fully saturated rings. The molecule has 0 radical (unpaired) electrons. The summed E-state index contributed by atoms with van der Waals surface area (Å²) in [4.78, 5) is 23.1. The summed E-state index contributed by atoms with van der Waals surface area (Å²) in [7, 11) is 0. The lowest BCUT2D eigenvalue weighted by atomic mass is 9.87. The molecule has 1 aliphatic heterocycles. The number of allylic oxidation sites excluding steroid dienone is 6. The van der Waals surface area contributed by atoms with Gasteiger partial charge in [-0.05, 0) is 92.4 Å². The van der Waals surface area contributed by atoms with Gasteiger partial charge in [-0.1, -0.05) is 75.4 Å². The Labute approximate surface area is 249 Å². The number of rotatable bonds is 8. The zero-order valence-electron chi connectivity index (χ0n) is 25.6. The van der Waals surface area contributed by atoms with Gasteiger partial charge >= 0.3 is 5.91 Å². The van der Waals surface area contributed by atoms with Gasteiger partial charge in [0.05, 0.1) is 11.6 Å². The van der Waals surface area contributed by atoms with Crippen LogP contribution < -0.4 is 15.8 Å². The normalized spacial score (nSPS) is 14.5. The third-order valence-electron chi connectivity index (χ3n) is 7.06. The number of nitrogens with two attached hydrogens (primary N) is 1. The van der Waals surface area contributed by atoms with Gasteiger partial charge in [0.25, 0.3) is 0 Å². The monoisotopic (exact) mass is 563 g/mol. The van der Waals surface area contributed by atoms with Crippen LogP contribution in [0.5, 0.6) is 5.75 Å². The highest BCUT2D eigenvalue weighted by Gasteiger charge is 2.28. The number of carbonyl (C=O) groups excluding carboxylic acids is 1. The van der Waals surface area contributed by atoms with E-state index in [9.17, 15) is 9.70 Å². The fourth-order valence-corrected chi connectivity index (χ4v) is 5.11. The molecule has 6 nitrogen and oxygen atoms in total. The van der Waals surface area contributed by atoms with Crippen LogP contribution >= 0.6 is 0 Å². The van der Waals surface area contributed by atoms with Gasteiger partial charge in [0.2, 0.25) is 0 Å². The van der Waals surface area contributed by atoms with Crippen LogP contribution in [0.15, 0.2) is 95.8 Å². The minimum Gasteiger partial charge on any atom is -0.455 e. The molecule has 3 aromatic rings. The highest BCUT2D eigenvalue weighted by molar-refractivity contribution is 6.00. The van der Waals surface area contributed by atoms with Crippen molar-refractivity contribution >= 4 is 28.5 Å². The SMILES string of the molecule is C/C=C(\C=CN)c1ccc(C2=C(C)C(=CCC)c3cc(C)cc(C(C)Nc4ccccc4C(=O)N=O)c3O2)cc1.CC. The predicted octanol–water partition coefficient (Wildman–Crippen LogP) is 9.59. The summed E-state index contributed by atoms with van der Waals surface area (Å²) >= 11 is 0. The highest BCUT2D eigenvalue weighted by Crippen LogP contribution is 2.46. The maximum Gasteiger partial charge on any atom is 0.318 e. The molecular formula is C36H41N3O3. The van der Waals surface area contributed by atoms with Crippen LogP contribution in [0, 0.1) is 11.8 Å². The molecule has 218 valence electrons. The molecule has 1 unspecified atom stereocenters. The number of fused-ring (bicyclic) bond motifs is 1. The number of amides is 1. The van der Waals surface area contributed by atoms with Gasteiger partial charge in [0.15, 0.2) is 0 Å². The van der Waals surface area contributed by atoms with Crippen molar-refractivity contribution in [3.63, 3.8) is 0 Å². The first kappa shape index (κ1) is 31.8. The summed E-state index contributed by atoms with van der Waals surface area (Å²) in [5, 5.41) is 6.03. The average molecular weight is 564 g/mol. The number of para-hydroxylation sites is 1. The summed E-state index contributed by atoms with van der Waals surface area (Å²) in [5.41, 5.74) is 14.8. The van der Waals surface area contributed by atoms with Crippen LogP contribution in [0.1, 0.15) is 92.2 Å². The van der Waals surface area contributed by atoms with E-state index >= 15 is 0 Å². The maximum atomic E-state index is 12.1. The average Bonchev–Trinajstić information content (AvgIpc) is 3.02. The Bertz CT molecular complexity index is 1560. The number of carbonyl (C=O) groups is 1. The summed E-state index contributed by atoms with van der Waals surface area (Å²) in [6, 6.07) is 19.2. The molecule has 3 N–H and O–H groups in total. The number of ether oxygens (including phenoxy) is 1. The van der Waals surface area contributed by atoms with Gasteiger partial charge in [-0.25, -0.2) is 0 Å². The molecule has 0 aromatic heterocycles. The van der Waals surface area contributed by atoms with Crippen molar-refractivity contribution in [1.29, 1.82) is 0 Å². The second-order valence-corrected chi connectivity index (χ2v) is 9.80. The number of hydrogen-bond donors (Lipinski definition) is 2. The molecule has 0 aliphatic carbocycles. The number of benzene rings is 3. The van der Waals surface area contributed by atoms with E-state index in [1.54, 1.807) is 24.4 Å². The van der Waals surface area contributed by atoms with Gasteiger partial charge in [0.1, 0.15) is 11.5 Å². The van der Waals surface area contributed by atoms with Crippen molar-refractivity contribution < 1.29 is 9.53 Å². The van der Waals surface area contributed by atoms with E-state index in [2.05, 4.69) is 73.7 Å². The van der Waals surface area contributed by atoms with Crippen molar-refractivity contribution in [3.8, 4) is 5.75 Å². The van der Waals surface area contributed by atoms with Crippen LogP contribution in [-0.2, 0) is 0 Å². The van der Waals surface area contributed by atoms with Gasteiger partial charge < -0.3 is 15.8 Å². The van der Waals surface area contributed by atoms with Crippen LogP contribution in [0.3, 0.4) is 0 Å². The van der Waals surface area contributed by atoms with Gasteiger partial charge in [-0.2, -0.15) is 0 Å². The predicted molar refractivity (Wildman–Crippen MR) is 176 cm³/mol. The molecular weight excluding hydrogens is 522 g/mol. The van der Waals surface area contributed by atoms with Crippen molar-refractivity contribution in [1.82, 2.24) is 0 Å². The van der Waals surface area contributed by atoms with Crippen molar-refractivity contribution in [2.45, 2.75) is 60.9 Å². The van der Waals surface area contributed by atoms with Gasteiger partial charge in [-0.15, -0.1) is 4.91 Å². The van der Waals surface area contributed by atoms with E-state index in [0.29, 0.717) is 5.69 Å². The second kappa shape index (κ2) is 14.8. The number of nitrogens with one attached hydrogen (secondary N) is 1. The van der Waals surface area contributed by atoms with E-state index in [1.165, 1.54) is 0 Å². The maximum absolute atomic E-state index is 12.1. The second-order valence-electron chi connectivity index (χ2n) is 9.80. The Morgan fingerprint density at radius 3 is 2.38 bits per heavy atom. The standard InChI is InChI=1S/C34H35N3O3.C2H6/c1-6-10-27-22(4)32(26-15-13-25(14-16-26)24(7-2)17-18-35)40-33-29(19-21(3)20-30(27)33)23(5)36-31-12-9-8-11-28(31)34(38)37-39;1-2/h7-20,23,36H,6,35H2,1-5H3;1-2H3/b18-17?,24-7+,27-10?;. The zero-order valence-corrected chi connectivity index (χ0v) is 25.6. The van der Waals surface area contributed by atoms with E-state index < -0.39 is 5.91 Å². The fraction of sp³-hybridized carbons (Fsp3) is 0.250. The summed E-state index contributed by atoms with van der Waals surface area (Å²) in [6.45, 7) is 14.3. The topological polar surface area (TPSA) is 93.8 Å². The van der Waals surface area contributed by atoms with Crippen molar-refractivity contribution in [3.05, 3.63) is 129 Å². The Hall–Kier alpha value is -4.71. The van der Waals surface area contributed by atoms with Gasteiger partial charge in [-0.3, -0.25) is 4.79 Å². The molecule has 3 aromatic carbocycles. The molecule has 0 saturated heterocycles. The number of aryl methyl sites for hydroxylation is 1. The number of nitrogens with zero attached hydrogens (tertiary/aromatic N) is 1. The first-order chi connectivity index (χ1) is 20.3. The van der Waals surface area contributed by atoms with Crippen LogP contribution in [0.25, 0.3) is 16.9 Å². The first-order valence-electron chi connectivity index (χ1n) is 14.5. The van der Waals surface area contributed by atoms with Gasteiger partial charge in [0, 0.05) is 27.6 Å². The molecule has 1 atom stereocenters. The van der Waals surface area contributed by atoms with Crippen LogP contribution in [0.2, 0.25) is 0 Å². The highest BCUT2D eigenvalue weighted by atomic mass is 16.5. The van der Waals surface area contributed by atoms with Crippen molar-refractivity contribution in [2.75, 3.05) is 5.32 Å². The first-order valence-corrected chi connectivity index (χ1v) is 14.5. The molecule has 4 rings (SSSR count). The molecule has 0 saturated carbocycles. The summed E-state index contributed by atoms with van der Waals surface area (Å²) in [6.07, 6.45) is 8.56. The number of hydrogen-bond acceptors (Lipinski definition) is 5. The number of anilines is 1. The van der Waals surface area contributed by atoms with E-state index in [4.69, 9.17) is 10.5 Å². The largest absolute Gasteiger partial charge is 0.455 e. The Balaban J connectivity index is 0.00000237. The fourth-order valence-electron chi connectivity index (χ4n) is 5.11. The molecule has 1 amide bonds.